The SMILES string of the molecule is Cc1c(C(=O)O[C@H](C)C(=O)NCCc2ccccc2)oc2ccccc12. The van der Waals surface area contributed by atoms with Crippen molar-refractivity contribution in [2.75, 3.05) is 6.54 Å². The maximum Gasteiger partial charge on any atom is 0.375 e. The number of nitrogens with one attached hydrogen (secondary N) is 1. The Balaban J connectivity index is 1.56. The summed E-state index contributed by atoms with van der Waals surface area (Å²) in [6.07, 6.45) is -0.179. The van der Waals surface area contributed by atoms with Crippen LogP contribution < -0.4 is 5.32 Å². The van der Waals surface area contributed by atoms with E-state index in [2.05, 4.69) is 5.32 Å². The molecule has 3 aromatic rings. The number of benzene rings is 2. The lowest BCUT2D eigenvalue weighted by Gasteiger charge is -2.13. The number of hydrogen-bond donors (Lipinski definition) is 1. The van der Waals surface area contributed by atoms with Crippen LogP contribution in [0.3, 0.4) is 0 Å². The fraction of sp³-hybridized carbons (Fsp3) is 0.238. The lowest BCUT2D eigenvalue weighted by atomic mass is 10.1. The van der Waals surface area contributed by atoms with Crippen molar-refractivity contribution in [1.29, 1.82) is 0 Å². The number of furan rings is 1. The maximum atomic E-state index is 12.3. The van der Waals surface area contributed by atoms with Crippen molar-refractivity contribution in [3.8, 4) is 0 Å². The van der Waals surface area contributed by atoms with Gasteiger partial charge >= 0.3 is 5.97 Å². The summed E-state index contributed by atoms with van der Waals surface area (Å²) < 4.78 is 10.8. The number of aryl methyl sites for hydroxylation is 1. The quantitative estimate of drug-likeness (QED) is 0.689. The van der Waals surface area contributed by atoms with E-state index in [-0.39, 0.29) is 11.7 Å². The molecule has 1 aromatic heterocycles. The van der Waals surface area contributed by atoms with Crippen LogP contribution in [0.5, 0.6) is 0 Å². The third-order valence-corrected chi connectivity index (χ3v) is 4.24. The van der Waals surface area contributed by atoms with E-state index < -0.39 is 12.1 Å². The number of carbonyl (C=O) groups excluding carboxylic acids is 2. The molecule has 0 aliphatic carbocycles. The molecule has 5 heteroatoms. The Morgan fingerprint density at radius 3 is 2.50 bits per heavy atom. The largest absolute Gasteiger partial charge is 0.449 e. The molecule has 2 aromatic carbocycles. The average molecular weight is 351 g/mol. The van der Waals surface area contributed by atoms with Crippen molar-refractivity contribution in [3.63, 3.8) is 0 Å². The van der Waals surface area contributed by atoms with E-state index in [1.807, 2.05) is 48.5 Å². The number of ether oxygens (including phenoxy) is 1. The van der Waals surface area contributed by atoms with Crippen molar-refractivity contribution in [2.45, 2.75) is 26.4 Å². The van der Waals surface area contributed by atoms with Crippen molar-refractivity contribution >= 4 is 22.8 Å². The topological polar surface area (TPSA) is 68.5 Å². The minimum absolute atomic E-state index is 0.134. The molecule has 0 radical (unpaired) electrons. The second kappa shape index (κ2) is 7.87. The fourth-order valence-corrected chi connectivity index (χ4v) is 2.76. The summed E-state index contributed by atoms with van der Waals surface area (Å²) >= 11 is 0. The standard InChI is InChI=1S/C21H21NO4/c1-14-17-10-6-7-11-18(17)26-19(14)21(24)25-15(2)20(23)22-13-12-16-8-4-3-5-9-16/h3-11,15H,12-13H2,1-2H3,(H,22,23)/t15-/m1/s1. The summed E-state index contributed by atoms with van der Waals surface area (Å²) in [5.74, 6) is -0.831. The first-order chi connectivity index (χ1) is 12.6. The Kier molecular flexibility index (Phi) is 5.37. The summed E-state index contributed by atoms with van der Waals surface area (Å²) in [7, 11) is 0. The number of carbonyl (C=O) groups is 2. The molecule has 0 unspecified atom stereocenters. The van der Waals surface area contributed by atoms with E-state index in [1.165, 1.54) is 0 Å². The van der Waals surface area contributed by atoms with E-state index >= 15 is 0 Å². The third-order valence-electron chi connectivity index (χ3n) is 4.24. The van der Waals surface area contributed by atoms with Gasteiger partial charge in [0, 0.05) is 17.5 Å². The van der Waals surface area contributed by atoms with Crippen LogP contribution in [0.4, 0.5) is 0 Å². The predicted octanol–water partition coefficient (Wildman–Crippen LogP) is 3.65. The molecule has 1 atom stereocenters. The van der Waals surface area contributed by atoms with Crippen LogP contribution in [-0.2, 0) is 16.0 Å². The number of rotatable bonds is 6. The van der Waals surface area contributed by atoms with Crippen molar-refractivity contribution in [1.82, 2.24) is 5.32 Å². The molecule has 3 rings (SSSR count). The van der Waals surface area contributed by atoms with Crippen LogP contribution in [0.15, 0.2) is 59.0 Å². The Morgan fingerprint density at radius 1 is 1.08 bits per heavy atom. The Hall–Kier alpha value is -3.08. The molecule has 26 heavy (non-hydrogen) atoms. The Bertz CT molecular complexity index is 914. The van der Waals surface area contributed by atoms with Gasteiger partial charge in [0.05, 0.1) is 0 Å². The number of fused-ring (bicyclic) bond motifs is 1. The molecule has 0 bridgehead atoms. The van der Waals surface area contributed by atoms with E-state index in [1.54, 1.807) is 19.9 Å². The second-order valence-electron chi connectivity index (χ2n) is 6.13. The minimum Gasteiger partial charge on any atom is -0.449 e. The van der Waals surface area contributed by atoms with E-state index in [4.69, 9.17) is 9.15 Å². The smallest absolute Gasteiger partial charge is 0.375 e. The molecule has 1 amide bonds. The Morgan fingerprint density at radius 2 is 1.77 bits per heavy atom. The van der Waals surface area contributed by atoms with Crippen LogP contribution >= 0.6 is 0 Å². The van der Waals surface area contributed by atoms with Gasteiger partial charge in [0.2, 0.25) is 5.76 Å². The monoisotopic (exact) mass is 351 g/mol. The van der Waals surface area contributed by atoms with Crippen LogP contribution in [0.2, 0.25) is 0 Å². The molecule has 0 aliphatic heterocycles. The van der Waals surface area contributed by atoms with Gasteiger partial charge in [-0.25, -0.2) is 4.79 Å². The highest BCUT2D eigenvalue weighted by Crippen LogP contribution is 2.25. The minimum atomic E-state index is -0.897. The average Bonchev–Trinajstić information content (AvgIpc) is 2.99. The number of amides is 1. The number of esters is 1. The van der Waals surface area contributed by atoms with Gasteiger partial charge in [0.15, 0.2) is 6.10 Å². The highest BCUT2D eigenvalue weighted by molar-refractivity contribution is 5.97. The van der Waals surface area contributed by atoms with Gasteiger partial charge in [-0.2, -0.15) is 0 Å². The zero-order valence-corrected chi connectivity index (χ0v) is 14.8. The van der Waals surface area contributed by atoms with Crippen LogP contribution in [0.25, 0.3) is 11.0 Å². The summed E-state index contributed by atoms with van der Waals surface area (Å²) in [6.45, 7) is 3.83. The zero-order valence-electron chi connectivity index (χ0n) is 14.8. The summed E-state index contributed by atoms with van der Waals surface area (Å²) in [5, 5.41) is 3.64. The predicted molar refractivity (Wildman–Crippen MR) is 99.0 cm³/mol. The van der Waals surface area contributed by atoms with Gasteiger partial charge in [-0.15, -0.1) is 0 Å². The molecule has 5 nitrogen and oxygen atoms in total. The highest BCUT2D eigenvalue weighted by atomic mass is 16.6. The van der Waals surface area contributed by atoms with E-state index in [0.717, 1.165) is 17.4 Å². The van der Waals surface area contributed by atoms with E-state index in [9.17, 15) is 9.59 Å². The van der Waals surface area contributed by atoms with Crippen molar-refractivity contribution in [2.24, 2.45) is 0 Å². The Labute approximate surface area is 152 Å². The molecular formula is C21H21NO4. The molecule has 0 fully saturated rings. The first-order valence-electron chi connectivity index (χ1n) is 8.57. The van der Waals surface area contributed by atoms with Crippen molar-refractivity contribution in [3.05, 3.63) is 71.5 Å². The van der Waals surface area contributed by atoms with Crippen LogP contribution in [0.1, 0.15) is 28.6 Å². The van der Waals surface area contributed by atoms with Gasteiger partial charge in [-0.1, -0.05) is 48.5 Å². The first-order valence-corrected chi connectivity index (χ1v) is 8.57. The van der Waals surface area contributed by atoms with Gasteiger partial charge in [-0.3, -0.25) is 4.79 Å². The normalized spacial score (nSPS) is 11.9. The van der Waals surface area contributed by atoms with Gasteiger partial charge < -0.3 is 14.5 Å². The van der Waals surface area contributed by atoms with Crippen LogP contribution in [0, 0.1) is 6.92 Å². The van der Waals surface area contributed by atoms with Gasteiger partial charge in [0.25, 0.3) is 5.91 Å². The molecular weight excluding hydrogens is 330 g/mol. The van der Waals surface area contributed by atoms with Gasteiger partial charge in [0.1, 0.15) is 5.58 Å². The first kappa shape index (κ1) is 17.7. The molecule has 0 saturated heterocycles. The van der Waals surface area contributed by atoms with E-state index in [0.29, 0.717) is 17.7 Å². The van der Waals surface area contributed by atoms with Gasteiger partial charge in [-0.05, 0) is 31.9 Å². The summed E-state index contributed by atoms with van der Waals surface area (Å²) in [6, 6.07) is 17.2. The zero-order chi connectivity index (χ0) is 18.5. The van der Waals surface area contributed by atoms with Crippen molar-refractivity contribution < 1.29 is 18.7 Å². The summed E-state index contributed by atoms with van der Waals surface area (Å²) in [4.78, 5) is 24.5. The second-order valence-corrected chi connectivity index (χ2v) is 6.13. The van der Waals surface area contributed by atoms with Crippen LogP contribution in [-0.4, -0.2) is 24.5 Å². The maximum absolute atomic E-state index is 12.3. The lowest BCUT2D eigenvalue weighted by molar-refractivity contribution is -0.129. The highest BCUT2D eigenvalue weighted by Gasteiger charge is 2.23. The molecule has 134 valence electrons. The lowest BCUT2D eigenvalue weighted by Crippen LogP contribution is -2.36. The number of para-hydroxylation sites is 1. The fourth-order valence-electron chi connectivity index (χ4n) is 2.76. The number of hydrogen-bond acceptors (Lipinski definition) is 4. The third kappa shape index (κ3) is 3.94. The summed E-state index contributed by atoms with van der Waals surface area (Å²) in [5.41, 5.74) is 2.47. The molecule has 0 aliphatic rings. The molecule has 1 N–H and O–H groups in total. The molecule has 1 heterocycles. The molecule has 0 saturated carbocycles. The molecule has 0 spiro atoms.